The molecule has 0 spiro atoms. The van der Waals surface area contributed by atoms with Gasteiger partial charge in [-0.25, -0.2) is 0 Å². The molecule has 0 aliphatic carbocycles. The van der Waals surface area contributed by atoms with Crippen LogP contribution in [0, 0.1) is 0 Å². The molecular weight excluding hydrogens is 596 g/mol. The number of hydrogen-bond acceptors (Lipinski definition) is 9. The molecule has 47 heavy (non-hydrogen) atoms. The van der Waals surface area contributed by atoms with Gasteiger partial charge in [-0.15, -0.1) is 0 Å². The second kappa shape index (κ2) is 14.8. The van der Waals surface area contributed by atoms with Crippen molar-refractivity contribution in [2.75, 3.05) is 41.0 Å². The van der Waals surface area contributed by atoms with Crippen LogP contribution in [0.25, 0.3) is 0 Å². The van der Waals surface area contributed by atoms with Crippen molar-refractivity contribution >= 4 is 36.0 Å². The van der Waals surface area contributed by atoms with E-state index in [1.54, 1.807) is 38.5 Å². The molecule has 1 fully saturated rings. The highest BCUT2D eigenvalue weighted by molar-refractivity contribution is 6.03. The van der Waals surface area contributed by atoms with Crippen molar-refractivity contribution in [3.63, 3.8) is 0 Å². The predicted octanol–water partition coefficient (Wildman–Crippen LogP) is 6.22. The number of benzene rings is 3. The van der Waals surface area contributed by atoms with Crippen LogP contribution in [0.1, 0.15) is 63.9 Å². The highest BCUT2D eigenvalue weighted by Crippen LogP contribution is 2.38. The standard InChI is InChI=1S/C37H42N4O6/c1-40-23-26-11-6-5-10-25(26)16-29(40)22-38-31-19-35(33(44-2)17-27(31)24-42)46-14-7-4-8-15-47-36-20-32-30(18-34(36)45-3)37(43)41-13-9-12-28(41)21-39-32/h5-6,10-11,17-22,24,28-29H,4,7-9,12-16,23H2,1-3H3/b38-22-. The molecular formula is C37H42N4O6. The zero-order chi connectivity index (χ0) is 32.8. The highest BCUT2D eigenvalue weighted by atomic mass is 16.5. The van der Waals surface area contributed by atoms with Crippen molar-refractivity contribution in [2.45, 2.75) is 57.2 Å². The number of hydrogen-bond donors (Lipinski definition) is 0. The fraction of sp³-hybridized carbons (Fsp3) is 0.405. The summed E-state index contributed by atoms with van der Waals surface area (Å²) >= 11 is 0. The number of aliphatic imine (C=N–C) groups is 2. The molecule has 2 atom stereocenters. The van der Waals surface area contributed by atoms with Gasteiger partial charge in [0.05, 0.1) is 50.4 Å². The van der Waals surface area contributed by atoms with Crippen molar-refractivity contribution in [3.8, 4) is 23.0 Å². The summed E-state index contributed by atoms with van der Waals surface area (Å²) in [5, 5.41) is 0. The Morgan fingerprint density at radius 3 is 2.40 bits per heavy atom. The SMILES string of the molecule is COc1cc2c(cc1OCCCCCOc1cc(/N=C\C3Cc4ccccc4CN3C)c(C=O)cc1OC)N=CC1CCCN1C2=O. The maximum Gasteiger partial charge on any atom is 0.256 e. The lowest BCUT2D eigenvalue weighted by molar-refractivity contribution is 0.0774. The fourth-order valence-corrected chi connectivity index (χ4v) is 6.42. The van der Waals surface area contributed by atoms with Gasteiger partial charge in [0.1, 0.15) is 0 Å². The first-order chi connectivity index (χ1) is 23.0. The summed E-state index contributed by atoms with van der Waals surface area (Å²) in [5.41, 5.74) is 4.82. The minimum atomic E-state index is -0.0100. The topological polar surface area (TPSA) is 102 Å². The van der Waals surface area contributed by atoms with Crippen LogP contribution in [0.5, 0.6) is 23.0 Å². The molecule has 3 aliphatic rings. The third kappa shape index (κ3) is 7.17. The van der Waals surface area contributed by atoms with Gasteiger partial charge in [-0.1, -0.05) is 24.3 Å². The van der Waals surface area contributed by atoms with E-state index >= 15 is 0 Å². The lowest BCUT2D eigenvalue weighted by atomic mass is 9.95. The number of amides is 1. The van der Waals surface area contributed by atoms with Gasteiger partial charge < -0.3 is 23.8 Å². The molecule has 1 saturated heterocycles. The van der Waals surface area contributed by atoms with E-state index in [4.69, 9.17) is 23.9 Å². The summed E-state index contributed by atoms with van der Waals surface area (Å²) in [5.74, 6) is 2.14. The van der Waals surface area contributed by atoms with Gasteiger partial charge in [-0.05, 0) is 68.8 Å². The Morgan fingerprint density at radius 2 is 1.66 bits per heavy atom. The smallest absolute Gasteiger partial charge is 0.256 e. The van der Waals surface area contributed by atoms with Crippen LogP contribution >= 0.6 is 0 Å². The number of carbonyl (C=O) groups is 2. The molecule has 3 aliphatic heterocycles. The Kier molecular flexibility index (Phi) is 10.2. The van der Waals surface area contributed by atoms with Crippen LogP contribution in [0.15, 0.2) is 58.5 Å². The summed E-state index contributed by atoms with van der Waals surface area (Å²) in [6.45, 7) is 2.56. The van der Waals surface area contributed by atoms with E-state index in [1.807, 2.05) is 17.3 Å². The van der Waals surface area contributed by atoms with E-state index in [2.05, 4.69) is 41.2 Å². The monoisotopic (exact) mass is 638 g/mol. The number of ether oxygens (including phenoxy) is 4. The number of fused-ring (bicyclic) bond motifs is 3. The van der Waals surface area contributed by atoms with E-state index in [-0.39, 0.29) is 18.0 Å². The average Bonchev–Trinajstić information content (AvgIpc) is 3.53. The molecule has 3 aromatic rings. The van der Waals surface area contributed by atoms with Gasteiger partial charge in [0.2, 0.25) is 0 Å². The van der Waals surface area contributed by atoms with Crippen LogP contribution in [0.4, 0.5) is 11.4 Å². The zero-order valence-corrected chi connectivity index (χ0v) is 27.3. The first-order valence-electron chi connectivity index (χ1n) is 16.3. The normalized spacial score (nSPS) is 18.8. The van der Waals surface area contributed by atoms with E-state index in [1.165, 1.54) is 11.1 Å². The Morgan fingerprint density at radius 1 is 0.936 bits per heavy atom. The average molecular weight is 639 g/mol. The van der Waals surface area contributed by atoms with Crippen molar-refractivity contribution < 1.29 is 28.5 Å². The van der Waals surface area contributed by atoms with Crippen molar-refractivity contribution in [2.24, 2.45) is 9.98 Å². The maximum atomic E-state index is 13.1. The predicted molar refractivity (Wildman–Crippen MR) is 182 cm³/mol. The van der Waals surface area contributed by atoms with Crippen LogP contribution in [0.2, 0.25) is 0 Å². The van der Waals surface area contributed by atoms with E-state index < -0.39 is 0 Å². The van der Waals surface area contributed by atoms with Crippen molar-refractivity contribution in [1.82, 2.24) is 9.80 Å². The third-order valence-electron chi connectivity index (χ3n) is 9.12. The largest absolute Gasteiger partial charge is 0.493 e. The van der Waals surface area contributed by atoms with Gasteiger partial charge in [-0.3, -0.25) is 24.5 Å². The zero-order valence-electron chi connectivity index (χ0n) is 27.3. The number of unbranched alkanes of at least 4 members (excludes halogenated alkanes) is 2. The lowest BCUT2D eigenvalue weighted by Gasteiger charge is -2.31. The fourth-order valence-electron chi connectivity index (χ4n) is 6.42. The van der Waals surface area contributed by atoms with Crippen LogP contribution in [-0.2, 0) is 13.0 Å². The highest BCUT2D eigenvalue weighted by Gasteiger charge is 2.32. The molecule has 0 saturated carbocycles. The van der Waals surface area contributed by atoms with Crippen molar-refractivity contribution in [1.29, 1.82) is 0 Å². The number of aldehydes is 1. The second-order valence-corrected chi connectivity index (χ2v) is 12.2. The molecule has 1 amide bonds. The number of nitrogens with zero attached hydrogens (tertiary/aromatic N) is 4. The summed E-state index contributed by atoms with van der Waals surface area (Å²) in [6, 6.07) is 15.6. The lowest BCUT2D eigenvalue weighted by Crippen LogP contribution is -2.38. The van der Waals surface area contributed by atoms with Gasteiger partial charge in [0.25, 0.3) is 5.91 Å². The first kappa shape index (κ1) is 32.2. The van der Waals surface area contributed by atoms with Crippen LogP contribution in [0.3, 0.4) is 0 Å². The molecule has 0 radical (unpaired) electrons. The van der Waals surface area contributed by atoms with Gasteiger partial charge in [0.15, 0.2) is 29.3 Å². The molecule has 3 aromatic carbocycles. The summed E-state index contributed by atoms with van der Waals surface area (Å²) in [6.07, 6.45) is 9.85. The molecule has 3 heterocycles. The Labute approximate surface area is 276 Å². The first-order valence-corrected chi connectivity index (χ1v) is 16.3. The summed E-state index contributed by atoms with van der Waals surface area (Å²) < 4.78 is 23.3. The summed E-state index contributed by atoms with van der Waals surface area (Å²) in [4.78, 5) is 38.5. The molecule has 246 valence electrons. The van der Waals surface area contributed by atoms with Crippen LogP contribution in [-0.4, -0.2) is 87.5 Å². The molecule has 6 rings (SSSR count). The molecule has 10 heteroatoms. The van der Waals surface area contributed by atoms with Crippen molar-refractivity contribution in [3.05, 3.63) is 70.8 Å². The minimum Gasteiger partial charge on any atom is -0.493 e. The van der Waals surface area contributed by atoms with Gasteiger partial charge >= 0.3 is 0 Å². The molecule has 2 unspecified atom stereocenters. The second-order valence-electron chi connectivity index (χ2n) is 12.2. The Balaban J connectivity index is 1.02. The number of methoxy groups -OCH3 is 2. The summed E-state index contributed by atoms with van der Waals surface area (Å²) in [7, 11) is 5.23. The molecule has 0 aromatic heterocycles. The molecule has 0 N–H and O–H groups in total. The van der Waals surface area contributed by atoms with Gasteiger partial charge in [0, 0.05) is 49.3 Å². The minimum absolute atomic E-state index is 0.0100. The number of likely N-dealkylation sites (N-methyl/N-ethyl adjacent to an activating group) is 1. The van der Waals surface area contributed by atoms with Gasteiger partial charge in [-0.2, -0.15) is 0 Å². The molecule has 0 bridgehead atoms. The van der Waals surface area contributed by atoms with E-state index in [0.29, 0.717) is 58.7 Å². The van der Waals surface area contributed by atoms with E-state index in [9.17, 15) is 9.59 Å². The quantitative estimate of drug-likeness (QED) is 0.124. The Bertz CT molecular complexity index is 1670. The van der Waals surface area contributed by atoms with Crippen LogP contribution < -0.4 is 18.9 Å². The van der Waals surface area contributed by atoms with E-state index in [0.717, 1.165) is 57.9 Å². The number of rotatable bonds is 13. The number of carbonyl (C=O) groups excluding carboxylic acids is 2. The third-order valence-corrected chi connectivity index (χ3v) is 9.12. The Hall–Kier alpha value is -4.70. The maximum absolute atomic E-state index is 13.1. The molecule has 10 nitrogen and oxygen atoms in total.